The molecule has 0 aliphatic heterocycles. The Hall–Kier alpha value is -1.59. The number of amides is 1. The van der Waals surface area contributed by atoms with Crippen LogP contribution in [0.25, 0.3) is 0 Å². The van der Waals surface area contributed by atoms with E-state index in [2.05, 4.69) is 9.97 Å². The van der Waals surface area contributed by atoms with E-state index in [-0.39, 0.29) is 27.2 Å². The Morgan fingerprint density at radius 2 is 1.74 bits per heavy atom. The maximum atomic E-state index is 12.3. The fourth-order valence-corrected chi connectivity index (χ4v) is 3.03. The number of nitrogens with zero attached hydrogens (tertiary/aromatic N) is 3. The third-order valence-corrected chi connectivity index (χ3v) is 5.02. The van der Waals surface area contributed by atoms with Crippen LogP contribution >= 0.6 is 11.8 Å². The quantitative estimate of drug-likeness (QED) is 0.239. The van der Waals surface area contributed by atoms with E-state index in [4.69, 9.17) is 15.3 Å². The lowest BCUT2D eigenvalue weighted by Crippen LogP contribution is -2.47. The van der Waals surface area contributed by atoms with Crippen LogP contribution in [-0.4, -0.2) is 54.4 Å². The molecule has 0 saturated heterocycles. The molecule has 1 unspecified atom stereocenters. The first-order valence-corrected chi connectivity index (χ1v) is 9.25. The number of sulfonamides is 1. The summed E-state index contributed by atoms with van der Waals surface area (Å²) in [5.74, 6) is 4.96. The number of methoxy groups -OCH3 is 2. The van der Waals surface area contributed by atoms with Gasteiger partial charge >= 0.3 is 0 Å². The van der Waals surface area contributed by atoms with Gasteiger partial charge in [-0.25, -0.2) is 14.3 Å². The zero-order valence-corrected chi connectivity index (χ0v) is 15.1. The fraction of sp³-hybridized carbons (Fsp3) is 0.583. The van der Waals surface area contributed by atoms with Gasteiger partial charge < -0.3 is 9.47 Å². The minimum absolute atomic E-state index is 0.207. The number of hydrogen-bond donors (Lipinski definition) is 1. The molecule has 0 saturated carbocycles. The summed E-state index contributed by atoms with van der Waals surface area (Å²) in [6.07, 6.45) is 0.859. The second-order valence-corrected chi connectivity index (χ2v) is 7.88. The third-order valence-electron chi connectivity index (χ3n) is 2.73. The van der Waals surface area contributed by atoms with Crippen molar-refractivity contribution >= 4 is 27.7 Å². The van der Waals surface area contributed by atoms with Crippen LogP contribution in [0, 0.1) is 5.92 Å². The van der Waals surface area contributed by atoms with E-state index in [9.17, 15) is 13.2 Å². The summed E-state index contributed by atoms with van der Waals surface area (Å²) >= 11 is 0.991. The number of aromatic nitrogens is 2. The van der Waals surface area contributed by atoms with E-state index >= 15 is 0 Å². The Balaban J connectivity index is 3.12. The molecule has 1 aromatic heterocycles. The molecule has 1 aromatic rings. The number of hydrazine groups is 1. The van der Waals surface area contributed by atoms with Gasteiger partial charge in [0.15, 0.2) is 5.16 Å². The van der Waals surface area contributed by atoms with Crippen molar-refractivity contribution in [2.75, 3.05) is 20.5 Å². The Morgan fingerprint density at radius 3 is 2.09 bits per heavy atom. The fourth-order valence-electron chi connectivity index (χ4n) is 1.52. The third kappa shape index (κ3) is 5.22. The van der Waals surface area contributed by atoms with Crippen molar-refractivity contribution in [3.05, 3.63) is 6.07 Å². The highest BCUT2D eigenvalue weighted by Gasteiger charge is 2.32. The summed E-state index contributed by atoms with van der Waals surface area (Å²) in [5.41, 5.74) is 0. The van der Waals surface area contributed by atoms with Crippen molar-refractivity contribution in [1.29, 1.82) is 0 Å². The molecule has 0 fully saturated rings. The van der Waals surface area contributed by atoms with Gasteiger partial charge in [0.25, 0.3) is 5.91 Å². The molecule has 1 atom stereocenters. The van der Waals surface area contributed by atoms with E-state index < -0.39 is 21.2 Å². The van der Waals surface area contributed by atoms with Gasteiger partial charge in [-0.1, -0.05) is 25.6 Å². The molecule has 0 aliphatic rings. The number of ether oxygens (including phenoxy) is 2. The molecule has 0 bridgehead atoms. The Labute approximate surface area is 139 Å². The molecule has 0 aromatic carbocycles. The van der Waals surface area contributed by atoms with Crippen LogP contribution in [0.5, 0.6) is 11.8 Å². The van der Waals surface area contributed by atoms with Gasteiger partial charge in [-0.15, -0.1) is 0 Å². The second kappa shape index (κ2) is 7.79. The first kappa shape index (κ1) is 19.5. The van der Waals surface area contributed by atoms with Gasteiger partial charge in [0.2, 0.25) is 21.8 Å². The lowest BCUT2D eigenvalue weighted by molar-refractivity contribution is -0.126. The van der Waals surface area contributed by atoms with Crippen LogP contribution in [0.4, 0.5) is 0 Å². The predicted molar refractivity (Wildman–Crippen MR) is 85.5 cm³/mol. The van der Waals surface area contributed by atoms with E-state index in [0.29, 0.717) is 0 Å². The summed E-state index contributed by atoms with van der Waals surface area (Å²) in [4.78, 5) is 20.6. The molecule has 2 N–H and O–H groups in total. The van der Waals surface area contributed by atoms with Gasteiger partial charge in [0.05, 0.1) is 31.8 Å². The summed E-state index contributed by atoms with van der Waals surface area (Å²) < 4.78 is 33.2. The summed E-state index contributed by atoms with van der Waals surface area (Å²) in [6.45, 7) is 3.53. The SMILES string of the molecule is COc1cc(OC)nc(SC(C(=O)N(N)S(C)(=O)=O)C(C)C)n1. The maximum Gasteiger partial charge on any atom is 0.264 e. The average molecular weight is 364 g/mol. The van der Waals surface area contributed by atoms with E-state index in [0.717, 1.165) is 18.0 Å². The van der Waals surface area contributed by atoms with Crippen LogP contribution in [0.3, 0.4) is 0 Å². The van der Waals surface area contributed by atoms with Crippen LogP contribution < -0.4 is 15.3 Å². The molecule has 130 valence electrons. The molecule has 0 radical (unpaired) electrons. The van der Waals surface area contributed by atoms with Crippen molar-refractivity contribution < 1.29 is 22.7 Å². The van der Waals surface area contributed by atoms with Gasteiger partial charge in [0, 0.05) is 0 Å². The van der Waals surface area contributed by atoms with Gasteiger partial charge in [0.1, 0.15) is 0 Å². The number of hydrogen-bond acceptors (Lipinski definition) is 9. The number of carbonyl (C=O) groups excluding carboxylic acids is 1. The normalized spacial score (nSPS) is 12.8. The Morgan fingerprint density at radius 1 is 1.26 bits per heavy atom. The first-order chi connectivity index (χ1) is 10.6. The van der Waals surface area contributed by atoms with Gasteiger partial charge in [-0.2, -0.15) is 14.4 Å². The molecule has 9 nitrogen and oxygen atoms in total. The zero-order valence-electron chi connectivity index (χ0n) is 13.5. The zero-order chi connectivity index (χ0) is 17.8. The van der Waals surface area contributed by atoms with Gasteiger partial charge in [-0.05, 0) is 5.92 Å². The molecule has 0 spiro atoms. The van der Waals surface area contributed by atoms with Gasteiger partial charge in [-0.3, -0.25) is 4.79 Å². The molecular formula is C12H20N4O5S2. The molecule has 0 aliphatic carbocycles. The van der Waals surface area contributed by atoms with Crippen molar-refractivity contribution in [2.45, 2.75) is 24.3 Å². The number of nitrogens with two attached hydrogens (primary N) is 1. The van der Waals surface area contributed by atoms with Crippen molar-refractivity contribution in [2.24, 2.45) is 11.8 Å². The van der Waals surface area contributed by atoms with Crippen LogP contribution in [0.2, 0.25) is 0 Å². The molecule has 23 heavy (non-hydrogen) atoms. The second-order valence-electron chi connectivity index (χ2n) is 4.91. The van der Waals surface area contributed by atoms with Crippen LogP contribution in [-0.2, 0) is 14.8 Å². The van der Waals surface area contributed by atoms with Crippen LogP contribution in [0.1, 0.15) is 13.8 Å². The first-order valence-electron chi connectivity index (χ1n) is 6.52. The van der Waals surface area contributed by atoms with E-state index in [1.807, 2.05) is 0 Å². The molecule has 1 heterocycles. The minimum Gasteiger partial charge on any atom is -0.481 e. The Kier molecular flexibility index (Phi) is 6.59. The highest BCUT2D eigenvalue weighted by molar-refractivity contribution is 8.00. The van der Waals surface area contributed by atoms with Crippen molar-refractivity contribution in [3.8, 4) is 11.8 Å². The Bertz CT molecular complexity index is 643. The smallest absolute Gasteiger partial charge is 0.264 e. The molecule has 1 amide bonds. The highest BCUT2D eigenvalue weighted by atomic mass is 32.2. The largest absolute Gasteiger partial charge is 0.481 e. The maximum absolute atomic E-state index is 12.3. The average Bonchev–Trinajstić information content (AvgIpc) is 2.49. The number of carbonyl (C=O) groups is 1. The standard InChI is InChI=1S/C12H20N4O5S2/c1-7(2)10(11(17)16(13)23(5,18)19)22-12-14-8(20-3)6-9(15-12)21-4/h6-7,10H,13H2,1-5H3. The molecule has 11 heteroatoms. The van der Waals surface area contributed by atoms with Crippen molar-refractivity contribution in [3.63, 3.8) is 0 Å². The minimum atomic E-state index is -3.84. The van der Waals surface area contributed by atoms with Crippen molar-refractivity contribution in [1.82, 2.24) is 14.4 Å². The summed E-state index contributed by atoms with van der Waals surface area (Å²) in [6, 6.07) is 1.49. The van der Waals surface area contributed by atoms with E-state index in [1.165, 1.54) is 20.3 Å². The van der Waals surface area contributed by atoms with E-state index in [1.54, 1.807) is 13.8 Å². The summed E-state index contributed by atoms with van der Waals surface area (Å²) in [7, 11) is -0.966. The molecular weight excluding hydrogens is 344 g/mol. The number of thioether (sulfide) groups is 1. The van der Waals surface area contributed by atoms with Crippen LogP contribution in [0.15, 0.2) is 11.2 Å². The number of rotatable bonds is 7. The predicted octanol–water partition coefficient (Wildman–Crippen LogP) is 0.272. The topological polar surface area (TPSA) is 125 Å². The lowest BCUT2D eigenvalue weighted by atomic mass is 10.1. The highest BCUT2D eigenvalue weighted by Crippen LogP contribution is 2.30. The summed E-state index contributed by atoms with van der Waals surface area (Å²) in [5, 5.41) is -0.568. The molecule has 1 rings (SSSR count). The lowest BCUT2D eigenvalue weighted by Gasteiger charge is -2.23. The monoisotopic (exact) mass is 364 g/mol.